The van der Waals surface area contributed by atoms with E-state index < -0.39 is 5.97 Å². The molecule has 106 valence electrons. The Bertz CT molecular complexity index is 572. The Morgan fingerprint density at radius 2 is 2.05 bits per heavy atom. The number of ketones is 1. The maximum Gasteiger partial charge on any atom is 0.342 e. The van der Waals surface area contributed by atoms with Crippen LogP contribution in [0.1, 0.15) is 26.3 Å². The zero-order valence-electron chi connectivity index (χ0n) is 11.6. The highest BCUT2D eigenvalue weighted by Gasteiger charge is 2.21. The van der Waals surface area contributed by atoms with Crippen LogP contribution >= 0.6 is 0 Å². The summed E-state index contributed by atoms with van der Waals surface area (Å²) in [5, 5.41) is 0. The lowest BCUT2D eigenvalue weighted by Gasteiger charge is -2.09. The van der Waals surface area contributed by atoms with E-state index in [0.717, 1.165) is 0 Å². The second kappa shape index (κ2) is 5.77. The number of hydrogen-bond acceptors (Lipinski definition) is 5. The minimum Gasteiger partial charge on any atom is -0.459 e. The number of para-hydroxylation sites is 1. The molecule has 0 saturated heterocycles. The van der Waals surface area contributed by atoms with Gasteiger partial charge in [0.1, 0.15) is 5.57 Å². The number of carbonyl (C=O) groups excluding carboxylic acids is 2. The summed E-state index contributed by atoms with van der Waals surface area (Å²) < 4.78 is 15.7. The van der Waals surface area contributed by atoms with Gasteiger partial charge in [0.15, 0.2) is 17.3 Å². The van der Waals surface area contributed by atoms with E-state index in [9.17, 15) is 9.59 Å². The molecule has 0 saturated carbocycles. The molecule has 5 nitrogen and oxygen atoms in total. The molecular weight excluding hydrogens is 260 g/mol. The molecule has 0 aromatic heterocycles. The average molecular weight is 276 g/mol. The quantitative estimate of drug-likeness (QED) is 0.365. The summed E-state index contributed by atoms with van der Waals surface area (Å²) in [6, 6.07) is 5.28. The Balaban J connectivity index is 2.37. The van der Waals surface area contributed by atoms with Crippen molar-refractivity contribution < 1.29 is 23.8 Å². The maximum atomic E-state index is 11.9. The van der Waals surface area contributed by atoms with E-state index in [1.165, 1.54) is 13.0 Å². The molecule has 2 rings (SSSR count). The van der Waals surface area contributed by atoms with Crippen LogP contribution < -0.4 is 9.47 Å². The molecular formula is C15H16O5. The summed E-state index contributed by atoms with van der Waals surface area (Å²) in [4.78, 5) is 23.5. The number of fused-ring (bicyclic) bond motifs is 1. The SMILES string of the molecule is CC(=O)C(=Cc1cccc2c1OCO2)C(=O)OC(C)C. The molecule has 0 spiro atoms. The first-order chi connectivity index (χ1) is 9.49. The molecule has 20 heavy (non-hydrogen) atoms. The molecule has 0 fully saturated rings. The van der Waals surface area contributed by atoms with Crippen molar-refractivity contribution in [1.82, 2.24) is 0 Å². The lowest BCUT2D eigenvalue weighted by Crippen LogP contribution is -2.17. The molecule has 1 aromatic carbocycles. The number of benzene rings is 1. The first-order valence-electron chi connectivity index (χ1n) is 6.31. The van der Waals surface area contributed by atoms with Gasteiger partial charge in [-0.2, -0.15) is 0 Å². The smallest absolute Gasteiger partial charge is 0.342 e. The van der Waals surface area contributed by atoms with E-state index in [0.29, 0.717) is 17.1 Å². The second-order valence-electron chi connectivity index (χ2n) is 4.65. The standard InChI is InChI=1S/C15H16O5/c1-9(2)20-15(17)12(10(3)16)7-11-5-4-6-13-14(11)19-8-18-13/h4-7,9H,8H2,1-3H3. The highest BCUT2D eigenvalue weighted by atomic mass is 16.7. The summed E-state index contributed by atoms with van der Waals surface area (Å²) in [7, 11) is 0. The minimum atomic E-state index is -0.635. The molecule has 0 bridgehead atoms. The summed E-state index contributed by atoms with van der Waals surface area (Å²) >= 11 is 0. The topological polar surface area (TPSA) is 61.8 Å². The highest BCUT2D eigenvalue weighted by molar-refractivity contribution is 6.20. The van der Waals surface area contributed by atoms with E-state index in [2.05, 4.69) is 0 Å². The van der Waals surface area contributed by atoms with Gasteiger partial charge in [0.2, 0.25) is 6.79 Å². The van der Waals surface area contributed by atoms with E-state index in [4.69, 9.17) is 14.2 Å². The van der Waals surface area contributed by atoms with E-state index >= 15 is 0 Å². The van der Waals surface area contributed by atoms with Crippen molar-refractivity contribution in [2.45, 2.75) is 26.9 Å². The van der Waals surface area contributed by atoms with E-state index in [1.54, 1.807) is 32.0 Å². The van der Waals surface area contributed by atoms with Gasteiger partial charge in [-0.3, -0.25) is 4.79 Å². The Morgan fingerprint density at radius 3 is 2.70 bits per heavy atom. The Hall–Kier alpha value is -2.30. The molecule has 0 N–H and O–H groups in total. The molecule has 1 aliphatic rings. The van der Waals surface area contributed by atoms with Crippen LogP contribution in [0.5, 0.6) is 11.5 Å². The molecule has 0 unspecified atom stereocenters. The Morgan fingerprint density at radius 1 is 1.30 bits per heavy atom. The second-order valence-corrected chi connectivity index (χ2v) is 4.65. The van der Waals surface area contributed by atoms with Gasteiger partial charge in [-0.1, -0.05) is 12.1 Å². The van der Waals surface area contributed by atoms with Crippen molar-refractivity contribution in [2.24, 2.45) is 0 Å². The summed E-state index contributed by atoms with van der Waals surface area (Å²) in [5.74, 6) is 0.138. The number of rotatable bonds is 4. The van der Waals surface area contributed by atoms with Gasteiger partial charge >= 0.3 is 5.97 Å². The first-order valence-corrected chi connectivity index (χ1v) is 6.31. The van der Waals surface area contributed by atoms with Crippen LogP contribution in [0.25, 0.3) is 6.08 Å². The third-order valence-corrected chi connectivity index (χ3v) is 2.67. The zero-order chi connectivity index (χ0) is 14.7. The third kappa shape index (κ3) is 2.99. The average Bonchev–Trinajstić information content (AvgIpc) is 2.83. The number of carbonyl (C=O) groups is 2. The van der Waals surface area contributed by atoms with Gasteiger partial charge in [0.05, 0.1) is 6.10 Å². The molecule has 0 radical (unpaired) electrons. The molecule has 0 aliphatic carbocycles. The summed E-state index contributed by atoms with van der Waals surface area (Å²) in [6.07, 6.45) is 1.19. The maximum absolute atomic E-state index is 11.9. The van der Waals surface area contributed by atoms with Crippen LogP contribution in [0.2, 0.25) is 0 Å². The van der Waals surface area contributed by atoms with Crippen molar-refractivity contribution in [2.75, 3.05) is 6.79 Å². The lowest BCUT2D eigenvalue weighted by molar-refractivity contribution is -0.143. The van der Waals surface area contributed by atoms with Crippen molar-refractivity contribution in [3.05, 3.63) is 29.3 Å². The summed E-state index contributed by atoms with van der Waals surface area (Å²) in [5.41, 5.74) is 0.605. The van der Waals surface area contributed by atoms with Crippen LogP contribution in [0.4, 0.5) is 0 Å². The zero-order valence-corrected chi connectivity index (χ0v) is 11.6. The lowest BCUT2D eigenvalue weighted by atomic mass is 10.1. The van der Waals surface area contributed by atoms with Gasteiger partial charge < -0.3 is 14.2 Å². The largest absolute Gasteiger partial charge is 0.459 e. The van der Waals surface area contributed by atoms with Gasteiger partial charge in [0.25, 0.3) is 0 Å². The van der Waals surface area contributed by atoms with Gasteiger partial charge in [-0.05, 0) is 32.9 Å². The number of esters is 1. The number of hydrogen-bond donors (Lipinski definition) is 0. The molecule has 1 aromatic rings. The van der Waals surface area contributed by atoms with E-state index in [-0.39, 0.29) is 24.3 Å². The Kier molecular flexibility index (Phi) is 4.08. The fourth-order valence-corrected chi connectivity index (χ4v) is 1.80. The fourth-order valence-electron chi connectivity index (χ4n) is 1.80. The predicted octanol–water partition coefficient (Wildman–Crippen LogP) is 2.34. The van der Waals surface area contributed by atoms with Crippen LogP contribution in [-0.2, 0) is 14.3 Å². The normalized spacial score (nSPS) is 13.5. The van der Waals surface area contributed by atoms with Crippen molar-refractivity contribution in [3.63, 3.8) is 0 Å². The van der Waals surface area contributed by atoms with Crippen LogP contribution in [0.15, 0.2) is 23.8 Å². The molecule has 1 aliphatic heterocycles. The third-order valence-electron chi connectivity index (χ3n) is 2.67. The van der Waals surface area contributed by atoms with Crippen LogP contribution in [-0.4, -0.2) is 24.6 Å². The first kappa shape index (κ1) is 14.1. The van der Waals surface area contributed by atoms with E-state index in [1.807, 2.05) is 0 Å². The van der Waals surface area contributed by atoms with Gasteiger partial charge in [0, 0.05) is 5.56 Å². The molecule has 0 atom stereocenters. The fraction of sp³-hybridized carbons (Fsp3) is 0.333. The molecule has 0 amide bonds. The monoisotopic (exact) mass is 276 g/mol. The minimum absolute atomic E-state index is 0.0115. The van der Waals surface area contributed by atoms with Crippen LogP contribution in [0.3, 0.4) is 0 Å². The Labute approximate surface area is 117 Å². The predicted molar refractivity (Wildman–Crippen MR) is 72.5 cm³/mol. The van der Waals surface area contributed by atoms with Gasteiger partial charge in [-0.15, -0.1) is 0 Å². The number of ether oxygens (including phenoxy) is 3. The van der Waals surface area contributed by atoms with Gasteiger partial charge in [-0.25, -0.2) is 4.79 Å². The number of Topliss-reactive ketones (excluding diaryl/α,β-unsaturated/α-hetero) is 1. The molecule has 1 heterocycles. The molecule has 5 heteroatoms. The highest BCUT2D eigenvalue weighted by Crippen LogP contribution is 2.36. The van der Waals surface area contributed by atoms with Crippen LogP contribution in [0, 0.1) is 0 Å². The van der Waals surface area contributed by atoms with Crippen molar-refractivity contribution in [3.8, 4) is 11.5 Å². The summed E-state index contributed by atoms with van der Waals surface area (Å²) in [6.45, 7) is 4.92. The van der Waals surface area contributed by atoms with Crippen molar-refractivity contribution >= 4 is 17.8 Å². The van der Waals surface area contributed by atoms with Crippen molar-refractivity contribution in [1.29, 1.82) is 0 Å².